The standard InChI is InChI=1S/C21H18N2O3S/c1-2-26-20(25)16-11-13-17(14-12-16)23-19(24)18(27-21(23)22)10-6-9-15-7-4-3-5-8-15/h3-14,22H,2H2,1H3/b9-6+,18-10-,22-21?. The zero-order valence-electron chi connectivity index (χ0n) is 14.7. The summed E-state index contributed by atoms with van der Waals surface area (Å²) < 4.78 is 4.95. The number of allylic oxidation sites excluding steroid dienone is 2. The average molecular weight is 378 g/mol. The summed E-state index contributed by atoms with van der Waals surface area (Å²) in [6.07, 6.45) is 5.42. The molecule has 0 saturated carbocycles. The van der Waals surface area contributed by atoms with E-state index in [0.29, 0.717) is 22.8 Å². The summed E-state index contributed by atoms with van der Waals surface area (Å²) in [5.74, 6) is -0.667. The number of hydrogen-bond donors (Lipinski definition) is 1. The number of amidine groups is 1. The van der Waals surface area contributed by atoms with Gasteiger partial charge in [-0.05, 0) is 54.6 Å². The van der Waals surface area contributed by atoms with Crippen molar-refractivity contribution in [3.8, 4) is 0 Å². The Morgan fingerprint density at radius 3 is 2.52 bits per heavy atom. The van der Waals surface area contributed by atoms with Crippen LogP contribution < -0.4 is 4.90 Å². The van der Waals surface area contributed by atoms with Crippen LogP contribution >= 0.6 is 11.8 Å². The van der Waals surface area contributed by atoms with E-state index in [1.807, 2.05) is 36.4 Å². The molecule has 1 heterocycles. The Balaban J connectivity index is 1.75. The van der Waals surface area contributed by atoms with Crippen molar-refractivity contribution in [2.75, 3.05) is 11.5 Å². The van der Waals surface area contributed by atoms with Crippen molar-refractivity contribution in [2.24, 2.45) is 0 Å². The summed E-state index contributed by atoms with van der Waals surface area (Å²) in [6.45, 7) is 2.05. The van der Waals surface area contributed by atoms with Crippen LogP contribution in [0.25, 0.3) is 6.08 Å². The molecule has 1 aliphatic rings. The molecule has 0 spiro atoms. The first kappa shape index (κ1) is 18.7. The molecule has 27 heavy (non-hydrogen) atoms. The Morgan fingerprint density at radius 1 is 1.15 bits per heavy atom. The highest BCUT2D eigenvalue weighted by Gasteiger charge is 2.33. The number of ether oxygens (including phenoxy) is 1. The molecule has 2 aromatic carbocycles. The van der Waals surface area contributed by atoms with E-state index in [0.717, 1.165) is 17.3 Å². The zero-order valence-corrected chi connectivity index (χ0v) is 15.5. The SMILES string of the molecule is CCOC(=O)c1ccc(N2C(=N)S/C(=C\C=C\c3ccccc3)C2=O)cc1. The Hall–Kier alpha value is -3.12. The molecule has 6 heteroatoms. The van der Waals surface area contributed by atoms with Gasteiger partial charge in [0.05, 0.1) is 22.8 Å². The summed E-state index contributed by atoms with van der Waals surface area (Å²) in [4.78, 5) is 26.2. The smallest absolute Gasteiger partial charge is 0.338 e. The van der Waals surface area contributed by atoms with Crippen molar-refractivity contribution >= 4 is 40.6 Å². The molecular weight excluding hydrogens is 360 g/mol. The van der Waals surface area contributed by atoms with Crippen LogP contribution in [-0.2, 0) is 9.53 Å². The molecule has 136 valence electrons. The lowest BCUT2D eigenvalue weighted by molar-refractivity contribution is -0.113. The van der Waals surface area contributed by atoms with Gasteiger partial charge in [0.1, 0.15) is 0 Å². The van der Waals surface area contributed by atoms with Crippen molar-refractivity contribution < 1.29 is 14.3 Å². The van der Waals surface area contributed by atoms with Crippen molar-refractivity contribution in [2.45, 2.75) is 6.92 Å². The normalized spacial score (nSPS) is 15.7. The predicted molar refractivity (Wildman–Crippen MR) is 109 cm³/mol. The number of nitrogens with zero attached hydrogens (tertiary/aromatic N) is 1. The van der Waals surface area contributed by atoms with Crippen LogP contribution in [0.4, 0.5) is 5.69 Å². The van der Waals surface area contributed by atoms with Crippen LogP contribution in [-0.4, -0.2) is 23.7 Å². The molecule has 0 atom stereocenters. The van der Waals surface area contributed by atoms with Crippen LogP contribution in [0.2, 0.25) is 0 Å². The highest BCUT2D eigenvalue weighted by Crippen LogP contribution is 2.34. The molecule has 0 unspecified atom stereocenters. The minimum atomic E-state index is -0.409. The molecule has 0 radical (unpaired) electrons. The van der Waals surface area contributed by atoms with Crippen LogP contribution in [0.1, 0.15) is 22.8 Å². The van der Waals surface area contributed by atoms with E-state index in [1.165, 1.54) is 4.90 Å². The first-order chi connectivity index (χ1) is 13.1. The quantitative estimate of drug-likeness (QED) is 0.615. The summed E-state index contributed by atoms with van der Waals surface area (Å²) in [6, 6.07) is 16.2. The number of nitrogens with one attached hydrogen (secondary N) is 1. The van der Waals surface area contributed by atoms with Crippen LogP contribution in [0, 0.1) is 5.41 Å². The lowest BCUT2D eigenvalue weighted by Gasteiger charge is -2.14. The topological polar surface area (TPSA) is 70.5 Å². The minimum absolute atomic E-state index is 0.128. The van der Waals surface area contributed by atoms with Crippen molar-refractivity contribution in [3.63, 3.8) is 0 Å². The maximum absolute atomic E-state index is 12.7. The molecule has 1 saturated heterocycles. The van der Waals surface area contributed by atoms with E-state index in [9.17, 15) is 9.59 Å². The lowest BCUT2D eigenvalue weighted by atomic mass is 10.2. The number of carbonyl (C=O) groups excluding carboxylic acids is 2. The summed E-state index contributed by atoms with van der Waals surface area (Å²) >= 11 is 1.11. The third kappa shape index (κ3) is 4.35. The van der Waals surface area contributed by atoms with Gasteiger partial charge in [-0.3, -0.25) is 15.1 Å². The van der Waals surface area contributed by atoms with Crippen LogP contribution in [0.5, 0.6) is 0 Å². The van der Waals surface area contributed by atoms with Crippen molar-refractivity contribution in [1.82, 2.24) is 0 Å². The monoisotopic (exact) mass is 378 g/mol. The number of hydrogen-bond acceptors (Lipinski definition) is 5. The number of esters is 1. The van der Waals surface area contributed by atoms with Gasteiger partial charge in [0.2, 0.25) is 0 Å². The van der Waals surface area contributed by atoms with Crippen LogP contribution in [0.15, 0.2) is 71.7 Å². The van der Waals surface area contributed by atoms with E-state index in [2.05, 4.69) is 0 Å². The summed E-state index contributed by atoms with van der Waals surface area (Å²) in [5.41, 5.74) is 1.99. The second kappa shape index (κ2) is 8.51. The van der Waals surface area contributed by atoms with Gasteiger partial charge in [-0.1, -0.05) is 42.5 Å². The Morgan fingerprint density at radius 2 is 1.85 bits per heavy atom. The zero-order chi connectivity index (χ0) is 19.2. The van der Waals surface area contributed by atoms with E-state index >= 15 is 0 Å². The Bertz CT molecular complexity index is 918. The van der Waals surface area contributed by atoms with E-state index in [-0.39, 0.29) is 11.1 Å². The summed E-state index contributed by atoms with van der Waals surface area (Å²) in [7, 11) is 0. The first-order valence-corrected chi connectivity index (χ1v) is 9.23. The van der Waals surface area contributed by atoms with E-state index < -0.39 is 5.97 Å². The molecule has 2 aromatic rings. The molecule has 1 amide bonds. The van der Waals surface area contributed by atoms with Gasteiger partial charge in [-0.15, -0.1) is 0 Å². The number of benzene rings is 2. The molecular formula is C21H18N2O3S. The van der Waals surface area contributed by atoms with Crippen molar-refractivity contribution in [1.29, 1.82) is 5.41 Å². The maximum atomic E-state index is 12.7. The van der Waals surface area contributed by atoms with Gasteiger partial charge < -0.3 is 4.74 Å². The second-order valence-corrected chi connectivity index (χ2v) is 6.65. The Kier molecular flexibility index (Phi) is 5.88. The molecule has 1 N–H and O–H groups in total. The maximum Gasteiger partial charge on any atom is 0.338 e. The van der Waals surface area contributed by atoms with Gasteiger partial charge >= 0.3 is 5.97 Å². The number of thioether (sulfide) groups is 1. The molecule has 0 aromatic heterocycles. The highest BCUT2D eigenvalue weighted by atomic mass is 32.2. The van der Waals surface area contributed by atoms with Gasteiger partial charge in [0, 0.05) is 0 Å². The third-order valence-corrected chi connectivity index (χ3v) is 4.70. The van der Waals surface area contributed by atoms with Gasteiger partial charge in [-0.25, -0.2) is 4.79 Å². The number of anilines is 1. The van der Waals surface area contributed by atoms with Crippen LogP contribution in [0.3, 0.4) is 0 Å². The average Bonchev–Trinajstić information content (AvgIpc) is 2.96. The lowest BCUT2D eigenvalue weighted by Crippen LogP contribution is -2.28. The highest BCUT2D eigenvalue weighted by molar-refractivity contribution is 8.19. The number of carbonyl (C=O) groups is 2. The third-order valence-electron chi connectivity index (χ3n) is 3.80. The summed E-state index contributed by atoms with van der Waals surface area (Å²) in [5, 5.41) is 8.25. The fourth-order valence-electron chi connectivity index (χ4n) is 2.51. The first-order valence-electron chi connectivity index (χ1n) is 8.41. The van der Waals surface area contributed by atoms with Crippen molar-refractivity contribution in [3.05, 3.63) is 82.8 Å². The fourth-order valence-corrected chi connectivity index (χ4v) is 3.32. The largest absolute Gasteiger partial charge is 0.462 e. The second-order valence-electron chi connectivity index (χ2n) is 5.62. The molecule has 0 aliphatic carbocycles. The molecule has 1 fully saturated rings. The molecule has 1 aliphatic heterocycles. The minimum Gasteiger partial charge on any atom is -0.462 e. The predicted octanol–water partition coefficient (Wildman–Crippen LogP) is 4.48. The molecule has 3 rings (SSSR count). The van der Waals surface area contributed by atoms with E-state index in [1.54, 1.807) is 43.3 Å². The fraction of sp³-hybridized carbons (Fsp3) is 0.0952. The van der Waals surface area contributed by atoms with Gasteiger partial charge in [0.15, 0.2) is 5.17 Å². The van der Waals surface area contributed by atoms with Gasteiger partial charge in [-0.2, -0.15) is 0 Å². The molecule has 0 bridgehead atoms. The molecule has 5 nitrogen and oxygen atoms in total. The number of amides is 1. The van der Waals surface area contributed by atoms with E-state index in [4.69, 9.17) is 10.1 Å². The Labute approximate surface area is 161 Å². The number of rotatable bonds is 5. The van der Waals surface area contributed by atoms with Gasteiger partial charge in [0.25, 0.3) is 5.91 Å².